The molecule has 1 aliphatic heterocycles. The summed E-state index contributed by atoms with van der Waals surface area (Å²) >= 11 is 0. The van der Waals surface area contributed by atoms with E-state index in [1.165, 1.54) is 0 Å². The Labute approximate surface area is 90.4 Å². The average Bonchev–Trinajstić information content (AvgIpc) is 2.25. The Morgan fingerprint density at radius 2 is 2.20 bits per heavy atom. The van der Waals surface area contributed by atoms with Crippen molar-refractivity contribution in [2.45, 2.75) is 19.4 Å². The van der Waals surface area contributed by atoms with Crippen molar-refractivity contribution >= 4 is 5.91 Å². The Morgan fingerprint density at radius 1 is 1.53 bits per heavy atom. The summed E-state index contributed by atoms with van der Waals surface area (Å²) in [5.74, 6) is 0.115. The summed E-state index contributed by atoms with van der Waals surface area (Å²) in [6, 6.07) is 0. The second-order valence-electron chi connectivity index (χ2n) is 3.81. The number of carbonyl (C=O) groups is 1. The van der Waals surface area contributed by atoms with E-state index in [4.69, 9.17) is 9.84 Å². The standard InChI is InChI=1S/C10H20N2O3/c1-9(13)2-3-11-8-10(14)12-4-6-15-7-5-12/h9,11,13H,2-8H2,1H3. The Kier molecular flexibility index (Phi) is 5.60. The van der Waals surface area contributed by atoms with Crippen molar-refractivity contribution in [3.8, 4) is 0 Å². The van der Waals surface area contributed by atoms with Crippen LogP contribution in [0.2, 0.25) is 0 Å². The van der Waals surface area contributed by atoms with E-state index in [-0.39, 0.29) is 12.0 Å². The number of nitrogens with one attached hydrogen (secondary N) is 1. The summed E-state index contributed by atoms with van der Waals surface area (Å²) in [5, 5.41) is 12.0. The van der Waals surface area contributed by atoms with E-state index < -0.39 is 0 Å². The molecule has 1 fully saturated rings. The van der Waals surface area contributed by atoms with Crippen LogP contribution in [0.1, 0.15) is 13.3 Å². The van der Waals surface area contributed by atoms with Gasteiger partial charge in [0.05, 0.1) is 25.9 Å². The van der Waals surface area contributed by atoms with Crippen molar-refractivity contribution in [2.24, 2.45) is 0 Å². The second kappa shape index (κ2) is 6.76. The Balaban J connectivity index is 2.07. The first-order valence-corrected chi connectivity index (χ1v) is 5.44. The van der Waals surface area contributed by atoms with Crippen molar-refractivity contribution in [1.29, 1.82) is 0 Å². The van der Waals surface area contributed by atoms with Gasteiger partial charge in [-0.2, -0.15) is 0 Å². The van der Waals surface area contributed by atoms with Crippen molar-refractivity contribution in [2.75, 3.05) is 39.4 Å². The predicted molar refractivity (Wildman–Crippen MR) is 56.6 cm³/mol. The number of hydrogen-bond acceptors (Lipinski definition) is 4. The number of nitrogens with zero attached hydrogens (tertiary/aromatic N) is 1. The topological polar surface area (TPSA) is 61.8 Å². The van der Waals surface area contributed by atoms with Crippen LogP contribution < -0.4 is 5.32 Å². The van der Waals surface area contributed by atoms with Crippen LogP contribution in [0.25, 0.3) is 0 Å². The van der Waals surface area contributed by atoms with Crippen molar-refractivity contribution in [3.05, 3.63) is 0 Å². The Hall–Kier alpha value is -0.650. The van der Waals surface area contributed by atoms with E-state index in [0.717, 1.165) is 0 Å². The third-order valence-electron chi connectivity index (χ3n) is 2.38. The van der Waals surface area contributed by atoms with Crippen LogP contribution in [0.4, 0.5) is 0 Å². The lowest BCUT2D eigenvalue weighted by atomic mass is 10.3. The Morgan fingerprint density at radius 3 is 2.80 bits per heavy atom. The van der Waals surface area contributed by atoms with Gasteiger partial charge in [-0.05, 0) is 19.9 Å². The number of rotatable bonds is 5. The van der Waals surface area contributed by atoms with Gasteiger partial charge < -0.3 is 20.1 Å². The number of hydrogen-bond donors (Lipinski definition) is 2. The highest BCUT2D eigenvalue weighted by atomic mass is 16.5. The van der Waals surface area contributed by atoms with Crippen LogP contribution in [0.5, 0.6) is 0 Å². The SMILES string of the molecule is CC(O)CCNCC(=O)N1CCOCC1. The van der Waals surface area contributed by atoms with Gasteiger partial charge in [0.1, 0.15) is 0 Å². The first kappa shape index (κ1) is 12.4. The van der Waals surface area contributed by atoms with E-state index >= 15 is 0 Å². The Bertz CT molecular complexity index is 191. The molecule has 1 heterocycles. The third kappa shape index (κ3) is 5.11. The molecule has 0 aliphatic carbocycles. The van der Waals surface area contributed by atoms with Crippen LogP contribution in [0.15, 0.2) is 0 Å². The van der Waals surface area contributed by atoms with Gasteiger partial charge in [0.2, 0.25) is 5.91 Å². The summed E-state index contributed by atoms with van der Waals surface area (Å²) in [6.07, 6.45) is 0.368. The smallest absolute Gasteiger partial charge is 0.236 e. The molecule has 88 valence electrons. The molecule has 0 aromatic carbocycles. The number of aliphatic hydroxyl groups is 1. The fourth-order valence-electron chi connectivity index (χ4n) is 1.43. The van der Waals surface area contributed by atoms with Gasteiger partial charge in [0.15, 0.2) is 0 Å². The predicted octanol–water partition coefficient (Wildman–Crippen LogP) is -0.794. The van der Waals surface area contributed by atoms with Crippen LogP contribution >= 0.6 is 0 Å². The van der Waals surface area contributed by atoms with Gasteiger partial charge in [0, 0.05) is 13.1 Å². The number of ether oxygens (including phenoxy) is 1. The second-order valence-corrected chi connectivity index (χ2v) is 3.81. The summed E-state index contributed by atoms with van der Waals surface area (Å²) in [7, 11) is 0. The zero-order valence-corrected chi connectivity index (χ0v) is 9.24. The maximum Gasteiger partial charge on any atom is 0.236 e. The lowest BCUT2D eigenvalue weighted by Gasteiger charge is -2.26. The molecule has 1 unspecified atom stereocenters. The van der Waals surface area contributed by atoms with Crippen LogP contribution in [0, 0.1) is 0 Å². The molecule has 0 bridgehead atoms. The number of carbonyl (C=O) groups excluding carboxylic acids is 1. The molecule has 1 atom stereocenters. The van der Waals surface area contributed by atoms with Gasteiger partial charge in [-0.3, -0.25) is 4.79 Å². The normalized spacial score (nSPS) is 18.9. The zero-order chi connectivity index (χ0) is 11.1. The molecule has 0 saturated carbocycles. The summed E-state index contributed by atoms with van der Waals surface area (Å²) in [4.78, 5) is 13.4. The lowest BCUT2D eigenvalue weighted by Crippen LogP contribution is -2.44. The monoisotopic (exact) mass is 216 g/mol. The van der Waals surface area contributed by atoms with Gasteiger partial charge >= 0.3 is 0 Å². The molecule has 0 aromatic rings. The maximum absolute atomic E-state index is 11.6. The van der Waals surface area contributed by atoms with E-state index in [2.05, 4.69) is 5.32 Å². The summed E-state index contributed by atoms with van der Waals surface area (Å²) in [5.41, 5.74) is 0. The minimum Gasteiger partial charge on any atom is -0.393 e. The molecule has 15 heavy (non-hydrogen) atoms. The summed E-state index contributed by atoms with van der Waals surface area (Å²) in [6.45, 7) is 5.43. The molecule has 1 amide bonds. The van der Waals surface area contributed by atoms with E-state index in [0.29, 0.717) is 45.8 Å². The molecule has 1 rings (SSSR count). The van der Waals surface area contributed by atoms with Crippen molar-refractivity contribution in [1.82, 2.24) is 10.2 Å². The van der Waals surface area contributed by atoms with Gasteiger partial charge in [-0.15, -0.1) is 0 Å². The molecule has 5 heteroatoms. The van der Waals surface area contributed by atoms with Crippen LogP contribution in [-0.2, 0) is 9.53 Å². The minimum atomic E-state index is -0.309. The third-order valence-corrected chi connectivity index (χ3v) is 2.38. The highest BCUT2D eigenvalue weighted by Gasteiger charge is 2.15. The molecular formula is C10H20N2O3. The largest absolute Gasteiger partial charge is 0.393 e. The molecule has 0 spiro atoms. The van der Waals surface area contributed by atoms with Crippen LogP contribution in [-0.4, -0.2) is 61.4 Å². The highest BCUT2D eigenvalue weighted by molar-refractivity contribution is 5.78. The number of aliphatic hydroxyl groups excluding tert-OH is 1. The van der Waals surface area contributed by atoms with Gasteiger partial charge in [-0.1, -0.05) is 0 Å². The molecule has 1 aliphatic rings. The lowest BCUT2D eigenvalue weighted by molar-refractivity contribution is -0.134. The first-order valence-electron chi connectivity index (χ1n) is 5.44. The average molecular weight is 216 g/mol. The zero-order valence-electron chi connectivity index (χ0n) is 9.24. The molecule has 0 radical (unpaired) electrons. The first-order chi connectivity index (χ1) is 7.20. The fourth-order valence-corrected chi connectivity index (χ4v) is 1.43. The minimum absolute atomic E-state index is 0.115. The van der Waals surface area contributed by atoms with Crippen molar-refractivity contribution in [3.63, 3.8) is 0 Å². The van der Waals surface area contributed by atoms with E-state index in [1.54, 1.807) is 11.8 Å². The van der Waals surface area contributed by atoms with Gasteiger partial charge in [0.25, 0.3) is 0 Å². The molecular weight excluding hydrogens is 196 g/mol. The molecule has 1 saturated heterocycles. The molecule has 2 N–H and O–H groups in total. The van der Waals surface area contributed by atoms with E-state index in [1.807, 2.05) is 0 Å². The summed E-state index contributed by atoms with van der Waals surface area (Å²) < 4.78 is 5.16. The van der Waals surface area contributed by atoms with Crippen LogP contribution in [0.3, 0.4) is 0 Å². The van der Waals surface area contributed by atoms with Gasteiger partial charge in [-0.25, -0.2) is 0 Å². The number of amides is 1. The molecule has 5 nitrogen and oxygen atoms in total. The fraction of sp³-hybridized carbons (Fsp3) is 0.900. The number of morpholine rings is 1. The molecule has 0 aromatic heterocycles. The van der Waals surface area contributed by atoms with E-state index in [9.17, 15) is 4.79 Å². The van der Waals surface area contributed by atoms with Crippen molar-refractivity contribution < 1.29 is 14.6 Å². The quantitative estimate of drug-likeness (QED) is 0.591. The maximum atomic E-state index is 11.6. The highest BCUT2D eigenvalue weighted by Crippen LogP contribution is 1.96.